The van der Waals surface area contributed by atoms with Crippen LogP contribution in [-0.4, -0.2) is 88.5 Å². The number of halogens is 1. The maximum Gasteiger partial charge on any atom is 0.508 e. The van der Waals surface area contributed by atoms with Crippen molar-refractivity contribution in [3.63, 3.8) is 0 Å². The van der Waals surface area contributed by atoms with Crippen LogP contribution in [0, 0.1) is 20.2 Å². The molecule has 0 saturated carbocycles. The van der Waals surface area contributed by atoms with Crippen molar-refractivity contribution in [2.75, 3.05) is 28.2 Å². The summed E-state index contributed by atoms with van der Waals surface area (Å²) < 4.78 is 25.4. The Balaban J connectivity index is 0.000000356. The third-order valence-electron chi connectivity index (χ3n) is 7.11. The second kappa shape index (κ2) is 23.4. The Hall–Kier alpha value is -6.79. The number of nitrogens with zero attached hydrogens (tertiary/aromatic N) is 4. The summed E-state index contributed by atoms with van der Waals surface area (Å²) in [5.41, 5.74) is 0.761. The van der Waals surface area contributed by atoms with Crippen LogP contribution in [0.2, 0.25) is 0 Å². The SMILES string of the molecule is CC(C)OC(=O)Cl.CC(C)OC(=O)OCc1ccc([N+](=O)[O-])c(Oc2ccc(C(=O)N(C)C)cc2)c1.CN(C)C(=O)c1ccc(Oc2cc(CO)ccc2[N+](=O)[O-])cc1. The van der Waals surface area contributed by atoms with Crippen molar-refractivity contribution in [3.8, 4) is 23.0 Å². The third kappa shape index (κ3) is 16.7. The van der Waals surface area contributed by atoms with Gasteiger partial charge in [0.2, 0.25) is 11.5 Å². The molecule has 59 heavy (non-hydrogen) atoms. The van der Waals surface area contributed by atoms with Gasteiger partial charge in [0.25, 0.3) is 11.8 Å². The van der Waals surface area contributed by atoms with Crippen molar-refractivity contribution >= 4 is 46.4 Å². The minimum atomic E-state index is -0.832. The molecule has 19 heteroatoms. The van der Waals surface area contributed by atoms with Gasteiger partial charge in [0.15, 0.2) is 0 Å². The van der Waals surface area contributed by atoms with Crippen molar-refractivity contribution < 1.29 is 57.8 Å². The Morgan fingerprint density at radius 2 is 1.03 bits per heavy atom. The van der Waals surface area contributed by atoms with Crippen molar-refractivity contribution in [2.45, 2.75) is 53.1 Å². The Morgan fingerprint density at radius 1 is 0.644 bits per heavy atom. The fourth-order valence-electron chi connectivity index (χ4n) is 4.43. The van der Waals surface area contributed by atoms with Crippen LogP contribution in [0.4, 0.5) is 21.0 Å². The highest BCUT2D eigenvalue weighted by atomic mass is 35.5. The maximum absolute atomic E-state index is 11.9. The molecule has 0 atom stereocenters. The maximum atomic E-state index is 11.9. The van der Waals surface area contributed by atoms with Crippen LogP contribution in [-0.2, 0) is 27.4 Å². The zero-order valence-corrected chi connectivity index (χ0v) is 34.3. The Bertz CT molecular complexity index is 2070. The van der Waals surface area contributed by atoms with Crippen molar-refractivity contribution in [2.24, 2.45) is 0 Å². The van der Waals surface area contributed by atoms with E-state index in [1.165, 1.54) is 46.2 Å². The molecule has 0 aliphatic heterocycles. The van der Waals surface area contributed by atoms with Gasteiger partial charge in [0, 0.05) is 63.1 Å². The van der Waals surface area contributed by atoms with E-state index in [0.29, 0.717) is 33.8 Å². The first-order valence-electron chi connectivity index (χ1n) is 17.6. The van der Waals surface area contributed by atoms with Crippen LogP contribution in [0.3, 0.4) is 0 Å². The number of carbonyl (C=O) groups excluding carboxylic acids is 4. The normalized spacial score (nSPS) is 10.2. The minimum absolute atomic E-state index is 0.0139. The smallest absolute Gasteiger partial charge is 0.451 e. The van der Waals surface area contributed by atoms with E-state index in [1.807, 2.05) is 0 Å². The zero-order chi connectivity index (χ0) is 44.4. The molecule has 0 aromatic heterocycles. The number of carbonyl (C=O) groups is 4. The summed E-state index contributed by atoms with van der Waals surface area (Å²) in [5, 5.41) is 31.5. The molecule has 0 heterocycles. The molecule has 18 nitrogen and oxygen atoms in total. The van der Waals surface area contributed by atoms with E-state index in [9.17, 15) is 39.4 Å². The third-order valence-corrected chi connectivity index (χ3v) is 7.20. The lowest BCUT2D eigenvalue weighted by atomic mass is 10.2. The molecule has 0 bridgehead atoms. The summed E-state index contributed by atoms with van der Waals surface area (Å²) in [6.45, 7) is 6.48. The quantitative estimate of drug-likeness (QED) is 0.0576. The predicted octanol–water partition coefficient (Wildman–Crippen LogP) is 8.50. The summed E-state index contributed by atoms with van der Waals surface area (Å²) in [6, 6.07) is 20.8. The molecule has 0 unspecified atom stereocenters. The number of amides is 2. The monoisotopic (exact) mass is 840 g/mol. The Labute approximate surface area is 345 Å². The largest absolute Gasteiger partial charge is 0.508 e. The molecular formula is C40H45ClN4O14. The van der Waals surface area contributed by atoms with Crippen LogP contribution in [0.1, 0.15) is 59.5 Å². The standard InChI is InChI=1S/C20H22N2O7.C16H16N2O5.C4H7ClO2/c1-13(2)28-20(24)27-12-14-5-10-17(22(25)26)18(11-14)29-16-8-6-15(7-9-16)19(23)21(3)4;1-17(2)16(20)12-4-6-13(7-5-12)23-15-9-11(10-19)3-8-14(15)18(21)22;1-3(2)7-4(5)6/h5-11,13H,12H2,1-4H3;3-9,19H,10H2,1-2H3;3H,1-2H3. The highest BCUT2D eigenvalue weighted by Gasteiger charge is 2.19. The fraction of sp³-hybridized carbons (Fsp3) is 0.300. The number of nitro groups is 2. The van der Waals surface area contributed by atoms with E-state index in [1.54, 1.807) is 104 Å². The van der Waals surface area contributed by atoms with E-state index in [-0.39, 0.29) is 60.1 Å². The highest BCUT2D eigenvalue weighted by Crippen LogP contribution is 2.34. The molecule has 316 valence electrons. The predicted molar refractivity (Wildman–Crippen MR) is 215 cm³/mol. The minimum Gasteiger partial charge on any atom is -0.451 e. The molecule has 4 aromatic rings. The first-order valence-corrected chi connectivity index (χ1v) is 17.9. The van der Waals surface area contributed by atoms with Gasteiger partial charge in [0.1, 0.15) is 18.1 Å². The van der Waals surface area contributed by atoms with Crippen LogP contribution in [0.5, 0.6) is 23.0 Å². The van der Waals surface area contributed by atoms with Gasteiger partial charge in [0.05, 0.1) is 28.7 Å². The summed E-state index contributed by atoms with van der Waals surface area (Å²) in [5.74, 6) is 0.382. The summed E-state index contributed by atoms with van der Waals surface area (Å²) >= 11 is 4.81. The molecule has 0 saturated heterocycles. The first-order chi connectivity index (χ1) is 27.7. The van der Waals surface area contributed by atoms with Crippen LogP contribution < -0.4 is 9.47 Å². The van der Waals surface area contributed by atoms with Crippen molar-refractivity contribution in [3.05, 3.63) is 127 Å². The van der Waals surface area contributed by atoms with Gasteiger partial charge in [-0.25, -0.2) is 9.59 Å². The van der Waals surface area contributed by atoms with Crippen LogP contribution in [0.25, 0.3) is 0 Å². The second-order valence-corrected chi connectivity index (χ2v) is 13.3. The highest BCUT2D eigenvalue weighted by molar-refractivity contribution is 6.61. The lowest BCUT2D eigenvalue weighted by Gasteiger charge is -2.12. The van der Waals surface area contributed by atoms with Gasteiger partial charge in [-0.1, -0.05) is 0 Å². The Kier molecular flexibility index (Phi) is 19.2. The number of aliphatic hydroxyl groups excluding tert-OH is 1. The van der Waals surface area contributed by atoms with Crippen LogP contribution in [0.15, 0.2) is 84.9 Å². The second-order valence-electron chi connectivity index (χ2n) is 13.0. The van der Waals surface area contributed by atoms with Crippen molar-refractivity contribution in [1.82, 2.24) is 9.80 Å². The van der Waals surface area contributed by atoms with E-state index in [4.69, 9.17) is 35.7 Å². The molecule has 4 rings (SSSR count). The number of hydrogen-bond acceptors (Lipinski definition) is 14. The fourth-order valence-corrected chi connectivity index (χ4v) is 4.60. The molecule has 4 aromatic carbocycles. The van der Waals surface area contributed by atoms with Gasteiger partial charge in [-0.15, -0.1) is 0 Å². The van der Waals surface area contributed by atoms with Crippen LogP contribution >= 0.6 is 11.6 Å². The van der Waals surface area contributed by atoms with Gasteiger partial charge >= 0.3 is 23.0 Å². The average Bonchev–Trinajstić information content (AvgIpc) is 3.16. The number of rotatable bonds is 13. The topological polar surface area (TPSA) is 227 Å². The molecule has 0 aliphatic rings. The summed E-state index contributed by atoms with van der Waals surface area (Å²) in [4.78, 5) is 69.1. The molecule has 0 fully saturated rings. The number of aliphatic hydroxyl groups is 1. The van der Waals surface area contributed by atoms with Gasteiger partial charge < -0.3 is 38.6 Å². The first kappa shape index (κ1) is 48.4. The van der Waals surface area contributed by atoms with E-state index >= 15 is 0 Å². The lowest BCUT2D eigenvalue weighted by Crippen LogP contribution is -2.21. The van der Waals surface area contributed by atoms with Gasteiger partial charge in [-0.05, 0) is 112 Å². The van der Waals surface area contributed by atoms with E-state index < -0.39 is 21.4 Å². The van der Waals surface area contributed by atoms with Gasteiger partial charge in [-0.3, -0.25) is 29.8 Å². The molecular weight excluding hydrogens is 796 g/mol. The summed E-state index contributed by atoms with van der Waals surface area (Å²) in [6.07, 6.45) is -1.26. The molecule has 0 spiro atoms. The lowest BCUT2D eigenvalue weighted by molar-refractivity contribution is -0.385. The Morgan fingerprint density at radius 3 is 1.36 bits per heavy atom. The molecule has 0 radical (unpaired) electrons. The average molecular weight is 841 g/mol. The van der Waals surface area contributed by atoms with E-state index in [0.717, 1.165) is 0 Å². The molecule has 2 amide bonds. The summed E-state index contributed by atoms with van der Waals surface area (Å²) in [7, 11) is 6.58. The van der Waals surface area contributed by atoms with E-state index in [2.05, 4.69) is 4.74 Å². The number of hydrogen-bond donors (Lipinski definition) is 1. The molecule has 0 aliphatic carbocycles. The van der Waals surface area contributed by atoms with Gasteiger partial charge in [-0.2, -0.15) is 0 Å². The zero-order valence-electron chi connectivity index (χ0n) is 33.6. The van der Waals surface area contributed by atoms with Crippen molar-refractivity contribution in [1.29, 1.82) is 0 Å². The number of benzene rings is 4. The number of ether oxygens (including phenoxy) is 5. The molecule has 1 N–H and O–H groups in total. The number of nitro benzene ring substituents is 2.